The van der Waals surface area contributed by atoms with Crippen LogP contribution in [0.5, 0.6) is 0 Å². The third-order valence-electron chi connectivity index (χ3n) is 8.24. The first-order valence-electron chi connectivity index (χ1n) is 16.9. The Balaban J connectivity index is 0.000000458. The number of rotatable bonds is 10. The van der Waals surface area contributed by atoms with Crippen molar-refractivity contribution >= 4 is 41.8 Å². The van der Waals surface area contributed by atoms with Crippen molar-refractivity contribution < 1.29 is 57.0 Å². The van der Waals surface area contributed by atoms with E-state index in [1.54, 1.807) is 0 Å². The zero-order chi connectivity index (χ0) is 36.8. The minimum atomic E-state index is -4.13. The van der Waals surface area contributed by atoms with Gasteiger partial charge in [-0.05, 0) is 55.9 Å². The molecule has 0 aliphatic rings. The van der Waals surface area contributed by atoms with Crippen LogP contribution in [0.1, 0.15) is 12.8 Å². The molecule has 0 aliphatic carbocycles. The van der Waals surface area contributed by atoms with Crippen molar-refractivity contribution in [2.75, 3.05) is 11.5 Å². The third-order valence-corrected chi connectivity index (χ3v) is 9.81. The highest BCUT2D eigenvalue weighted by Crippen LogP contribution is 2.24. The van der Waals surface area contributed by atoms with Crippen molar-refractivity contribution in [1.82, 2.24) is 0 Å². The molecule has 2 aromatic heterocycles. The van der Waals surface area contributed by atoms with E-state index in [2.05, 4.69) is 60.7 Å². The highest BCUT2D eigenvalue weighted by Gasteiger charge is 2.07. The second-order valence-corrected chi connectivity index (χ2v) is 15.2. The zero-order valence-corrected chi connectivity index (χ0v) is 32.2. The van der Waals surface area contributed by atoms with Gasteiger partial charge in [0.15, 0.2) is 24.8 Å². The molecule has 298 valence electrons. The summed E-state index contributed by atoms with van der Waals surface area (Å²) in [4.78, 5) is 0. The van der Waals surface area contributed by atoms with Gasteiger partial charge in [0, 0.05) is 48.6 Å². The maximum absolute atomic E-state index is 10.6. The van der Waals surface area contributed by atoms with Crippen molar-refractivity contribution in [3.05, 3.63) is 170 Å². The highest BCUT2D eigenvalue weighted by atomic mass is 32.2. The van der Waals surface area contributed by atoms with Crippen LogP contribution in [0.25, 0.3) is 43.8 Å². The van der Waals surface area contributed by atoms with Gasteiger partial charge in [0.1, 0.15) is 13.1 Å². The fourth-order valence-corrected chi connectivity index (χ4v) is 6.53. The van der Waals surface area contributed by atoms with E-state index in [0.717, 1.165) is 22.3 Å². The van der Waals surface area contributed by atoms with Crippen molar-refractivity contribution in [2.45, 2.75) is 25.9 Å². The quantitative estimate of drug-likeness (QED) is 0.147. The highest BCUT2D eigenvalue weighted by molar-refractivity contribution is 7.85. The molecule has 0 atom stereocenters. The number of hydrogen-bond acceptors (Lipinski definition) is 6. The van der Waals surface area contributed by atoms with Gasteiger partial charge in [0.25, 0.3) is 0 Å². The van der Waals surface area contributed by atoms with Gasteiger partial charge < -0.3 is 31.0 Å². The molecule has 56 heavy (non-hydrogen) atoms. The van der Waals surface area contributed by atoms with Gasteiger partial charge in [0.2, 0.25) is 0 Å². The number of aromatic nitrogens is 2. The molecule has 5 aromatic carbocycles. The van der Waals surface area contributed by atoms with Gasteiger partial charge in [-0.2, -0.15) is 0 Å². The largest absolute Gasteiger partial charge is 0.748 e. The van der Waals surface area contributed by atoms with E-state index in [0.29, 0.717) is 25.9 Å². The van der Waals surface area contributed by atoms with Crippen LogP contribution in [0.4, 0.5) is 0 Å². The molecule has 0 radical (unpaired) electrons. The van der Waals surface area contributed by atoms with Gasteiger partial charge in [-0.15, -0.1) is 0 Å². The predicted molar refractivity (Wildman–Crippen MR) is 218 cm³/mol. The molecule has 0 saturated carbocycles. The summed E-state index contributed by atoms with van der Waals surface area (Å²) in [5, 5.41) is 4.81. The summed E-state index contributed by atoms with van der Waals surface area (Å²) in [6.45, 7) is 1.03. The fraction of sp³-hybridized carbons (Fsp3) is 0.143. The van der Waals surface area contributed by atoms with Crippen molar-refractivity contribution in [2.24, 2.45) is 0 Å². The van der Waals surface area contributed by atoms with Crippen molar-refractivity contribution in [3.63, 3.8) is 0 Å². The summed E-state index contributed by atoms with van der Waals surface area (Å²) in [5.41, 5.74) is 4.47. The van der Waals surface area contributed by atoms with E-state index < -0.39 is 20.2 Å². The van der Waals surface area contributed by atoms with E-state index in [1.807, 2.05) is 119 Å². The maximum atomic E-state index is 10.6. The summed E-state index contributed by atoms with van der Waals surface area (Å²) in [6.07, 6.45) is 8.27. The SMILES string of the molecule is O.O.O.O.O=S(=O)([O-])CCC[n+]1ccc(-c2ccc3ccccc3c2)cc1.O=S(=O)([O-])CCC[n+]1ccc(-c2ccc3ccccc3c2)cc1.c1ccccc1. The van der Waals surface area contributed by atoms with Gasteiger partial charge in [-0.25, -0.2) is 26.0 Å². The number of pyridine rings is 2. The number of hydrogen-bond donors (Lipinski definition) is 0. The lowest BCUT2D eigenvalue weighted by molar-refractivity contribution is -0.696. The second kappa shape index (κ2) is 23.5. The monoisotopic (exact) mass is 804 g/mol. The lowest BCUT2D eigenvalue weighted by atomic mass is 10.0. The van der Waals surface area contributed by atoms with Crippen molar-refractivity contribution in [1.29, 1.82) is 0 Å². The van der Waals surface area contributed by atoms with E-state index >= 15 is 0 Å². The molecule has 7 aromatic rings. The van der Waals surface area contributed by atoms with Crippen LogP contribution < -0.4 is 9.13 Å². The fourth-order valence-electron chi connectivity index (χ4n) is 5.57. The molecule has 0 unspecified atom stereocenters. The Morgan fingerprint density at radius 3 is 0.982 bits per heavy atom. The number of nitrogens with zero attached hydrogens (tertiary/aromatic N) is 2. The molecule has 8 N–H and O–H groups in total. The standard InChI is InChI=1S/2C18H17NO3S.C6H6.4H2O/c2*20-23(21,22)13-3-10-19-11-8-16(9-12-19)18-7-6-15-4-1-2-5-17(15)14-18;1-2-4-6-5-3-1;;;;/h2*1-2,4-9,11-12,14H,3,10,13H2;1-6H;4*1H2. The molecule has 7 rings (SSSR count). The average molecular weight is 805 g/mol. The van der Waals surface area contributed by atoms with Crippen LogP contribution in [0.2, 0.25) is 0 Å². The van der Waals surface area contributed by atoms with Crippen LogP contribution in [-0.4, -0.2) is 59.4 Å². The lowest BCUT2D eigenvalue weighted by Crippen LogP contribution is -2.33. The van der Waals surface area contributed by atoms with E-state index in [1.165, 1.54) is 21.5 Å². The molecular weight excluding hydrogens is 757 g/mol. The minimum Gasteiger partial charge on any atom is -0.748 e. The Hall–Kier alpha value is -5.42. The van der Waals surface area contributed by atoms with Gasteiger partial charge in [-0.1, -0.05) is 109 Å². The Kier molecular flexibility index (Phi) is 20.4. The lowest BCUT2D eigenvalue weighted by Gasteiger charge is -2.05. The Labute approximate surface area is 327 Å². The Bertz CT molecular complexity index is 2230. The first-order chi connectivity index (χ1) is 25.0. The van der Waals surface area contributed by atoms with Gasteiger partial charge in [0.05, 0.1) is 20.2 Å². The second-order valence-electron chi connectivity index (χ2n) is 12.2. The Morgan fingerprint density at radius 2 is 0.679 bits per heavy atom. The van der Waals surface area contributed by atoms with Crippen LogP contribution in [0, 0.1) is 0 Å². The van der Waals surface area contributed by atoms with Gasteiger partial charge >= 0.3 is 0 Å². The average Bonchev–Trinajstić information content (AvgIpc) is 3.15. The van der Waals surface area contributed by atoms with Crippen LogP contribution in [-0.2, 0) is 33.3 Å². The predicted octanol–water partition coefficient (Wildman–Crippen LogP) is 3.85. The molecule has 12 nitrogen and oxygen atoms in total. The van der Waals surface area contributed by atoms with Crippen molar-refractivity contribution in [3.8, 4) is 22.3 Å². The summed E-state index contributed by atoms with van der Waals surface area (Å²) in [7, 11) is -8.26. The summed E-state index contributed by atoms with van der Waals surface area (Å²) < 4.78 is 67.4. The molecular formula is C42H48N2O10S2. The molecule has 0 bridgehead atoms. The summed E-state index contributed by atoms with van der Waals surface area (Å²) >= 11 is 0. The molecule has 0 spiro atoms. The minimum absolute atomic E-state index is 0. The topological polar surface area (TPSA) is 248 Å². The molecule has 0 fully saturated rings. The molecule has 0 amide bonds. The normalized spacial score (nSPS) is 10.5. The third kappa shape index (κ3) is 16.1. The molecule has 0 saturated heterocycles. The van der Waals surface area contributed by atoms with Crippen LogP contribution in [0.15, 0.2) is 170 Å². The summed E-state index contributed by atoms with van der Waals surface area (Å²) in [5.74, 6) is -0.654. The van der Waals surface area contributed by atoms with E-state index in [9.17, 15) is 25.9 Å². The number of aryl methyl sites for hydroxylation is 2. The zero-order valence-electron chi connectivity index (χ0n) is 30.6. The molecule has 14 heteroatoms. The molecule has 0 aliphatic heterocycles. The number of benzene rings is 5. The van der Waals surface area contributed by atoms with Gasteiger partial charge in [-0.3, -0.25) is 0 Å². The number of fused-ring (bicyclic) bond motifs is 2. The first kappa shape index (κ1) is 48.6. The maximum Gasteiger partial charge on any atom is 0.169 e. The molecule has 2 heterocycles. The Morgan fingerprint density at radius 1 is 0.375 bits per heavy atom. The van der Waals surface area contributed by atoms with Crippen LogP contribution in [0.3, 0.4) is 0 Å². The van der Waals surface area contributed by atoms with E-state index in [4.69, 9.17) is 0 Å². The smallest absolute Gasteiger partial charge is 0.169 e. The van der Waals surface area contributed by atoms with Crippen LogP contribution >= 0.6 is 0 Å². The first-order valence-corrected chi connectivity index (χ1v) is 20.0. The summed E-state index contributed by atoms with van der Waals surface area (Å²) in [6, 6.07) is 49.1. The van der Waals surface area contributed by atoms with E-state index in [-0.39, 0.29) is 33.4 Å².